The fourth-order valence-electron chi connectivity index (χ4n) is 3.58. The monoisotopic (exact) mass is 383 g/mol. The van der Waals surface area contributed by atoms with Gasteiger partial charge < -0.3 is 4.90 Å². The lowest BCUT2D eigenvalue weighted by atomic mass is 9.92. The summed E-state index contributed by atoms with van der Waals surface area (Å²) in [7, 11) is 0. The van der Waals surface area contributed by atoms with E-state index < -0.39 is 0 Å². The van der Waals surface area contributed by atoms with Crippen molar-refractivity contribution in [1.29, 1.82) is 0 Å². The Hall–Kier alpha value is -2.28. The average molecular weight is 384 g/mol. The molecule has 1 saturated heterocycles. The Bertz CT molecular complexity index is 995. The first kappa shape index (κ1) is 18.1. The number of fused-ring (bicyclic) bond motifs is 1. The Morgan fingerprint density at radius 3 is 2.67 bits per heavy atom. The SMILES string of the molecule is CC(C)(C)c1cc(=O)n(CC2CCN(c3ncnc4ccsc34)CC2)cn1. The van der Waals surface area contributed by atoms with Gasteiger partial charge in [0.05, 0.1) is 22.2 Å². The van der Waals surface area contributed by atoms with Gasteiger partial charge in [0, 0.05) is 31.1 Å². The number of hydrogen-bond acceptors (Lipinski definition) is 6. The predicted octanol–water partition coefficient (Wildman–Crippen LogP) is 3.46. The zero-order chi connectivity index (χ0) is 19.0. The minimum Gasteiger partial charge on any atom is -0.355 e. The summed E-state index contributed by atoms with van der Waals surface area (Å²) in [5, 5.41) is 2.07. The summed E-state index contributed by atoms with van der Waals surface area (Å²) in [4.78, 5) is 28.2. The van der Waals surface area contributed by atoms with E-state index in [9.17, 15) is 4.79 Å². The largest absolute Gasteiger partial charge is 0.355 e. The number of anilines is 1. The smallest absolute Gasteiger partial charge is 0.253 e. The zero-order valence-corrected chi connectivity index (χ0v) is 16.9. The summed E-state index contributed by atoms with van der Waals surface area (Å²) in [5.74, 6) is 1.53. The Kier molecular flexibility index (Phi) is 4.72. The van der Waals surface area contributed by atoms with Crippen LogP contribution in [-0.2, 0) is 12.0 Å². The summed E-state index contributed by atoms with van der Waals surface area (Å²) < 4.78 is 2.92. The summed E-state index contributed by atoms with van der Waals surface area (Å²) in [6, 6.07) is 3.72. The minimum absolute atomic E-state index is 0.0495. The average Bonchev–Trinajstić information content (AvgIpc) is 3.12. The molecule has 3 aromatic rings. The molecule has 1 fully saturated rings. The number of rotatable bonds is 3. The third-order valence-electron chi connectivity index (χ3n) is 5.24. The number of aromatic nitrogens is 4. The van der Waals surface area contributed by atoms with Gasteiger partial charge in [-0.1, -0.05) is 20.8 Å². The van der Waals surface area contributed by atoms with Crippen molar-refractivity contribution in [2.24, 2.45) is 5.92 Å². The van der Waals surface area contributed by atoms with Gasteiger partial charge in [-0.05, 0) is 30.2 Å². The first-order valence-corrected chi connectivity index (χ1v) is 10.3. The predicted molar refractivity (Wildman–Crippen MR) is 110 cm³/mol. The molecule has 1 aliphatic heterocycles. The van der Waals surface area contributed by atoms with Crippen molar-refractivity contribution in [2.45, 2.75) is 45.6 Å². The van der Waals surface area contributed by atoms with Gasteiger partial charge in [-0.3, -0.25) is 9.36 Å². The lowest BCUT2D eigenvalue weighted by Gasteiger charge is -2.33. The van der Waals surface area contributed by atoms with Crippen LogP contribution in [-0.4, -0.2) is 32.6 Å². The van der Waals surface area contributed by atoms with E-state index in [-0.39, 0.29) is 11.0 Å². The Morgan fingerprint density at radius 2 is 1.96 bits per heavy atom. The van der Waals surface area contributed by atoms with Crippen molar-refractivity contribution >= 4 is 27.4 Å². The zero-order valence-electron chi connectivity index (χ0n) is 16.1. The number of piperidine rings is 1. The molecular weight excluding hydrogens is 358 g/mol. The van der Waals surface area contributed by atoms with Crippen molar-refractivity contribution in [3.8, 4) is 0 Å². The Balaban J connectivity index is 1.43. The maximum atomic E-state index is 12.5. The highest BCUT2D eigenvalue weighted by atomic mass is 32.1. The van der Waals surface area contributed by atoms with E-state index in [4.69, 9.17) is 0 Å². The molecule has 27 heavy (non-hydrogen) atoms. The van der Waals surface area contributed by atoms with Gasteiger partial charge in [0.2, 0.25) is 0 Å². The van der Waals surface area contributed by atoms with Crippen LogP contribution < -0.4 is 10.5 Å². The van der Waals surface area contributed by atoms with Crippen molar-refractivity contribution in [2.75, 3.05) is 18.0 Å². The normalized spacial score (nSPS) is 16.2. The van der Waals surface area contributed by atoms with Crippen molar-refractivity contribution < 1.29 is 0 Å². The second-order valence-electron chi connectivity index (χ2n) is 8.28. The van der Waals surface area contributed by atoms with Crippen LogP contribution in [0.1, 0.15) is 39.3 Å². The Labute approximate surface area is 162 Å². The first-order valence-electron chi connectivity index (χ1n) is 9.42. The summed E-state index contributed by atoms with van der Waals surface area (Å²) in [6.07, 6.45) is 5.46. The molecule has 3 aromatic heterocycles. The number of hydrogen-bond donors (Lipinski definition) is 0. The summed E-state index contributed by atoms with van der Waals surface area (Å²) in [6.45, 7) is 8.88. The number of nitrogens with zero attached hydrogens (tertiary/aromatic N) is 5. The third kappa shape index (κ3) is 3.74. The van der Waals surface area contributed by atoms with Crippen LogP contribution in [0.4, 0.5) is 5.82 Å². The molecular formula is C20H25N5OS. The highest BCUT2D eigenvalue weighted by Crippen LogP contribution is 2.31. The molecule has 0 N–H and O–H groups in total. The van der Waals surface area contributed by atoms with Crippen molar-refractivity contribution in [3.63, 3.8) is 0 Å². The van der Waals surface area contributed by atoms with Crippen LogP contribution >= 0.6 is 11.3 Å². The highest BCUT2D eigenvalue weighted by Gasteiger charge is 2.23. The summed E-state index contributed by atoms with van der Waals surface area (Å²) in [5.41, 5.74) is 1.81. The molecule has 0 spiro atoms. The van der Waals surface area contributed by atoms with E-state index in [0.29, 0.717) is 5.92 Å². The fraction of sp³-hybridized carbons (Fsp3) is 0.500. The molecule has 4 heterocycles. The minimum atomic E-state index is -0.103. The highest BCUT2D eigenvalue weighted by molar-refractivity contribution is 7.17. The Morgan fingerprint density at radius 1 is 1.19 bits per heavy atom. The fourth-order valence-corrected chi connectivity index (χ4v) is 4.44. The topological polar surface area (TPSA) is 63.9 Å². The van der Waals surface area contributed by atoms with Crippen molar-refractivity contribution in [3.05, 3.63) is 46.2 Å². The van der Waals surface area contributed by atoms with Gasteiger partial charge in [0.25, 0.3) is 5.56 Å². The van der Waals surface area contributed by atoms with Crippen LogP contribution in [0.5, 0.6) is 0 Å². The molecule has 0 unspecified atom stereocenters. The second kappa shape index (κ2) is 7.03. The van der Waals surface area contributed by atoms with Crippen molar-refractivity contribution in [1.82, 2.24) is 19.5 Å². The van der Waals surface area contributed by atoms with Crippen LogP contribution in [0.15, 0.2) is 35.0 Å². The van der Waals surface area contributed by atoms with E-state index in [1.165, 1.54) is 0 Å². The molecule has 6 nitrogen and oxygen atoms in total. The van der Waals surface area contributed by atoms with Gasteiger partial charge in [-0.15, -0.1) is 11.3 Å². The van der Waals surface area contributed by atoms with Crippen LogP contribution in [0, 0.1) is 5.92 Å². The maximum absolute atomic E-state index is 12.5. The lowest BCUT2D eigenvalue weighted by Crippen LogP contribution is -2.37. The molecule has 0 saturated carbocycles. The van der Waals surface area contributed by atoms with E-state index >= 15 is 0 Å². The van der Waals surface area contributed by atoms with Gasteiger partial charge in [0.15, 0.2) is 0 Å². The van der Waals surface area contributed by atoms with Gasteiger partial charge >= 0.3 is 0 Å². The summed E-state index contributed by atoms with van der Waals surface area (Å²) >= 11 is 1.70. The molecule has 1 aliphatic rings. The van der Waals surface area contributed by atoms with Crippen LogP contribution in [0.3, 0.4) is 0 Å². The quantitative estimate of drug-likeness (QED) is 0.693. The maximum Gasteiger partial charge on any atom is 0.253 e. The van der Waals surface area contributed by atoms with Gasteiger partial charge in [-0.2, -0.15) is 0 Å². The molecule has 7 heteroatoms. The molecule has 0 amide bonds. The van der Waals surface area contributed by atoms with E-state index in [1.807, 2.05) is 6.07 Å². The van der Waals surface area contributed by atoms with Crippen LogP contribution in [0.25, 0.3) is 10.2 Å². The van der Waals surface area contributed by atoms with E-state index in [2.05, 4.69) is 46.0 Å². The second-order valence-corrected chi connectivity index (χ2v) is 9.19. The van der Waals surface area contributed by atoms with E-state index in [1.54, 1.807) is 34.6 Å². The molecule has 142 valence electrons. The standard InChI is InChI=1S/C20H25N5OS/c1-20(2,3)16-10-17(26)25(13-23-16)11-14-4-7-24(8-5-14)19-18-15(6-9-27-18)21-12-22-19/h6,9-10,12-14H,4-5,7-8,11H2,1-3H3. The molecule has 0 atom stereocenters. The van der Waals surface area contributed by atoms with Crippen LogP contribution in [0.2, 0.25) is 0 Å². The van der Waals surface area contributed by atoms with Gasteiger partial charge in [0.1, 0.15) is 12.1 Å². The first-order chi connectivity index (χ1) is 12.9. The lowest BCUT2D eigenvalue weighted by molar-refractivity contribution is 0.349. The third-order valence-corrected chi connectivity index (χ3v) is 6.14. The van der Waals surface area contributed by atoms with Gasteiger partial charge in [-0.25, -0.2) is 15.0 Å². The molecule has 0 aliphatic carbocycles. The molecule has 4 rings (SSSR count). The molecule has 0 radical (unpaired) electrons. The number of thiophene rings is 1. The molecule has 0 bridgehead atoms. The van der Waals surface area contributed by atoms with E-state index in [0.717, 1.165) is 54.2 Å². The molecule has 0 aromatic carbocycles.